The van der Waals surface area contributed by atoms with Gasteiger partial charge in [-0.15, -0.1) is 0 Å². The summed E-state index contributed by atoms with van der Waals surface area (Å²) in [7, 11) is -3.14. The minimum atomic E-state index is -3.14. The van der Waals surface area contributed by atoms with Crippen molar-refractivity contribution < 1.29 is 8.42 Å². The lowest BCUT2D eigenvalue weighted by molar-refractivity contribution is 0.302. The third-order valence-electron chi connectivity index (χ3n) is 5.40. The van der Waals surface area contributed by atoms with E-state index in [1.54, 1.807) is 13.8 Å². The molecule has 5 heteroatoms. The van der Waals surface area contributed by atoms with Gasteiger partial charge >= 0.3 is 0 Å². The molecule has 4 nitrogen and oxygen atoms in total. The highest BCUT2D eigenvalue weighted by molar-refractivity contribution is 7.90. The second-order valence-electron chi connectivity index (χ2n) is 7.98. The molecule has 148 valence electrons. The van der Waals surface area contributed by atoms with Gasteiger partial charge in [0.05, 0.1) is 5.25 Å². The fourth-order valence-corrected chi connectivity index (χ4v) is 4.45. The Bertz CT molecular complexity index is 618. The van der Waals surface area contributed by atoms with Crippen LogP contribution in [-0.2, 0) is 23.0 Å². The van der Waals surface area contributed by atoms with E-state index in [9.17, 15) is 8.42 Å². The van der Waals surface area contributed by atoms with Crippen LogP contribution in [-0.4, -0.2) is 26.3 Å². The predicted molar refractivity (Wildman–Crippen MR) is 110 cm³/mol. The summed E-state index contributed by atoms with van der Waals surface area (Å²) in [5.74, 6) is 0.652. The lowest BCUT2D eigenvalue weighted by Crippen LogP contribution is -2.41. The first-order chi connectivity index (χ1) is 12.4. The SMILES string of the molecule is CCCCc1ccc(CNCC2CCC(NS(=O)(=O)C(C)C)CC2)cc1. The molecule has 1 fully saturated rings. The van der Waals surface area contributed by atoms with Gasteiger partial charge in [-0.3, -0.25) is 0 Å². The van der Waals surface area contributed by atoms with E-state index in [1.165, 1.54) is 30.4 Å². The maximum atomic E-state index is 12.0. The van der Waals surface area contributed by atoms with E-state index in [0.717, 1.165) is 38.8 Å². The van der Waals surface area contributed by atoms with Gasteiger partial charge in [0.25, 0.3) is 0 Å². The van der Waals surface area contributed by atoms with Crippen molar-refractivity contribution in [2.24, 2.45) is 5.92 Å². The first kappa shape index (κ1) is 21.4. The molecule has 26 heavy (non-hydrogen) atoms. The Morgan fingerprint density at radius 2 is 1.65 bits per heavy atom. The number of unbranched alkanes of at least 4 members (excludes halogenated alkanes) is 1. The van der Waals surface area contributed by atoms with Crippen LogP contribution in [0.4, 0.5) is 0 Å². The van der Waals surface area contributed by atoms with Crippen molar-refractivity contribution in [3.63, 3.8) is 0 Å². The molecule has 1 aromatic rings. The summed E-state index contributed by atoms with van der Waals surface area (Å²) in [6, 6.07) is 9.08. The van der Waals surface area contributed by atoms with Gasteiger partial charge < -0.3 is 5.32 Å². The molecule has 1 aliphatic rings. The van der Waals surface area contributed by atoms with Crippen molar-refractivity contribution in [3.8, 4) is 0 Å². The minimum absolute atomic E-state index is 0.120. The fraction of sp³-hybridized carbons (Fsp3) is 0.714. The zero-order valence-corrected chi connectivity index (χ0v) is 17.4. The highest BCUT2D eigenvalue weighted by Crippen LogP contribution is 2.24. The number of nitrogens with one attached hydrogen (secondary N) is 2. The average Bonchev–Trinajstić information content (AvgIpc) is 2.62. The third kappa shape index (κ3) is 7.01. The number of sulfonamides is 1. The van der Waals surface area contributed by atoms with Gasteiger partial charge in [0.1, 0.15) is 0 Å². The zero-order chi connectivity index (χ0) is 19.0. The monoisotopic (exact) mass is 380 g/mol. The van der Waals surface area contributed by atoms with Gasteiger partial charge in [0, 0.05) is 12.6 Å². The fourth-order valence-electron chi connectivity index (χ4n) is 3.48. The first-order valence-corrected chi connectivity index (χ1v) is 11.7. The van der Waals surface area contributed by atoms with E-state index < -0.39 is 10.0 Å². The molecule has 1 aromatic carbocycles. The Kier molecular flexibility index (Phi) is 8.58. The van der Waals surface area contributed by atoms with Crippen molar-refractivity contribution in [1.82, 2.24) is 10.0 Å². The van der Waals surface area contributed by atoms with Crippen molar-refractivity contribution >= 4 is 10.0 Å². The van der Waals surface area contributed by atoms with Crippen molar-refractivity contribution in [2.75, 3.05) is 6.54 Å². The van der Waals surface area contributed by atoms with Crippen LogP contribution in [0, 0.1) is 5.92 Å². The summed E-state index contributed by atoms with van der Waals surface area (Å²) in [4.78, 5) is 0. The molecule has 0 saturated heterocycles. The molecule has 0 unspecified atom stereocenters. The van der Waals surface area contributed by atoms with Gasteiger partial charge in [-0.1, -0.05) is 37.6 Å². The number of rotatable bonds is 10. The summed E-state index contributed by atoms with van der Waals surface area (Å²) >= 11 is 0. The van der Waals surface area contributed by atoms with E-state index in [0.29, 0.717) is 5.92 Å². The number of hydrogen-bond acceptors (Lipinski definition) is 3. The Morgan fingerprint density at radius 3 is 2.23 bits per heavy atom. The number of hydrogen-bond donors (Lipinski definition) is 2. The smallest absolute Gasteiger partial charge is 0.214 e. The van der Waals surface area contributed by atoms with Crippen LogP contribution in [0.5, 0.6) is 0 Å². The van der Waals surface area contributed by atoms with E-state index in [2.05, 4.69) is 41.2 Å². The summed E-state index contributed by atoms with van der Waals surface area (Å²) in [5.41, 5.74) is 2.77. The molecule has 1 aliphatic carbocycles. The lowest BCUT2D eigenvalue weighted by atomic mass is 9.86. The Balaban J connectivity index is 1.66. The summed E-state index contributed by atoms with van der Waals surface area (Å²) in [5, 5.41) is 3.23. The maximum Gasteiger partial charge on any atom is 0.214 e. The lowest BCUT2D eigenvalue weighted by Gasteiger charge is -2.29. The Hall–Kier alpha value is -0.910. The van der Waals surface area contributed by atoms with Crippen molar-refractivity contribution in [3.05, 3.63) is 35.4 Å². The molecule has 0 aromatic heterocycles. The average molecular weight is 381 g/mol. The second-order valence-corrected chi connectivity index (χ2v) is 10.2. The molecule has 0 aliphatic heterocycles. The van der Waals surface area contributed by atoms with Crippen molar-refractivity contribution in [2.45, 2.75) is 83.6 Å². The van der Waals surface area contributed by atoms with Crippen LogP contribution in [0.15, 0.2) is 24.3 Å². The highest BCUT2D eigenvalue weighted by atomic mass is 32.2. The molecule has 1 saturated carbocycles. The van der Waals surface area contributed by atoms with Crippen LogP contribution in [0.1, 0.15) is 70.4 Å². The van der Waals surface area contributed by atoms with Gasteiger partial charge in [-0.25, -0.2) is 13.1 Å². The molecular formula is C21H36N2O2S. The Morgan fingerprint density at radius 1 is 1.04 bits per heavy atom. The number of benzene rings is 1. The molecule has 0 bridgehead atoms. The van der Waals surface area contributed by atoms with Gasteiger partial charge in [-0.2, -0.15) is 0 Å². The molecule has 0 radical (unpaired) electrons. The third-order valence-corrected chi connectivity index (χ3v) is 7.31. The van der Waals surface area contributed by atoms with E-state index >= 15 is 0 Å². The number of aryl methyl sites for hydroxylation is 1. The second kappa shape index (κ2) is 10.4. The molecular weight excluding hydrogens is 344 g/mol. The predicted octanol–water partition coefficient (Wildman–Crippen LogP) is 4.01. The molecule has 0 spiro atoms. The normalized spacial score (nSPS) is 21.2. The zero-order valence-electron chi connectivity index (χ0n) is 16.6. The van der Waals surface area contributed by atoms with Gasteiger partial charge in [0.15, 0.2) is 0 Å². The summed E-state index contributed by atoms with van der Waals surface area (Å²) in [6.45, 7) is 7.61. The standard InChI is InChI=1S/C21H36N2O2S/c1-4-5-6-18-7-9-19(10-8-18)15-22-16-20-11-13-21(14-12-20)23-26(24,25)17(2)3/h7-10,17,20-23H,4-6,11-16H2,1-3H3. The van der Waals surface area contributed by atoms with Gasteiger partial charge in [0.2, 0.25) is 10.0 Å². The molecule has 0 heterocycles. The van der Waals surface area contributed by atoms with E-state index in [1.807, 2.05) is 0 Å². The topological polar surface area (TPSA) is 58.2 Å². The van der Waals surface area contributed by atoms with Gasteiger partial charge in [-0.05, 0) is 76.0 Å². The van der Waals surface area contributed by atoms with Crippen LogP contribution in [0.3, 0.4) is 0 Å². The molecule has 2 rings (SSSR count). The van der Waals surface area contributed by atoms with E-state index in [-0.39, 0.29) is 11.3 Å². The largest absolute Gasteiger partial charge is 0.312 e. The Labute approximate surface area is 160 Å². The quantitative estimate of drug-likeness (QED) is 0.645. The summed E-state index contributed by atoms with van der Waals surface area (Å²) in [6.07, 6.45) is 7.75. The van der Waals surface area contributed by atoms with Crippen LogP contribution >= 0.6 is 0 Å². The molecule has 0 amide bonds. The summed E-state index contributed by atoms with van der Waals surface area (Å²) < 4.78 is 26.8. The molecule has 0 atom stereocenters. The van der Waals surface area contributed by atoms with Crippen LogP contribution in [0.25, 0.3) is 0 Å². The van der Waals surface area contributed by atoms with Crippen LogP contribution in [0.2, 0.25) is 0 Å². The highest BCUT2D eigenvalue weighted by Gasteiger charge is 2.26. The maximum absolute atomic E-state index is 12.0. The van der Waals surface area contributed by atoms with Crippen LogP contribution < -0.4 is 10.0 Å². The van der Waals surface area contributed by atoms with Crippen molar-refractivity contribution in [1.29, 1.82) is 0 Å². The molecule has 2 N–H and O–H groups in total. The first-order valence-electron chi connectivity index (χ1n) is 10.2. The minimum Gasteiger partial charge on any atom is -0.312 e. The van der Waals surface area contributed by atoms with E-state index in [4.69, 9.17) is 0 Å².